The molecule has 0 spiro atoms. The zero-order valence-electron chi connectivity index (χ0n) is 15.3. The number of rotatable bonds is 8. The molecule has 0 heterocycles. The number of benzene rings is 2. The molecule has 25 heavy (non-hydrogen) atoms. The highest BCUT2D eigenvalue weighted by atomic mass is 16.5. The number of carbonyl (C=O) groups is 1. The minimum absolute atomic E-state index is 0.0320. The monoisotopic (exact) mass is 342 g/mol. The molecule has 1 amide bonds. The van der Waals surface area contributed by atoms with Crippen LogP contribution in [0, 0.1) is 0 Å². The first kappa shape index (κ1) is 18.6. The number of ether oxygens (including phenoxy) is 2. The highest BCUT2D eigenvalue weighted by Crippen LogP contribution is 2.33. The molecule has 2 aromatic rings. The number of amides is 1. The van der Waals surface area contributed by atoms with Crippen LogP contribution in [0.4, 0.5) is 5.69 Å². The van der Waals surface area contributed by atoms with Crippen LogP contribution in [0.2, 0.25) is 0 Å². The molecule has 134 valence electrons. The second-order valence-corrected chi connectivity index (χ2v) is 5.74. The summed E-state index contributed by atoms with van der Waals surface area (Å²) >= 11 is 0. The fourth-order valence-electron chi connectivity index (χ4n) is 2.51. The molecule has 5 nitrogen and oxygen atoms in total. The Hall–Kier alpha value is -2.69. The lowest BCUT2D eigenvalue weighted by Gasteiger charge is -2.24. The molecule has 0 aliphatic carbocycles. The van der Waals surface area contributed by atoms with Crippen molar-refractivity contribution in [2.75, 3.05) is 32.6 Å². The SMILES string of the molecule is CCOc1ccc(OCC)c(NC(C(=O)N(C)C)c2ccccc2)c1. The molecule has 0 aliphatic heterocycles. The van der Waals surface area contributed by atoms with Gasteiger partial charge in [0.25, 0.3) is 0 Å². The number of hydrogen-bond donors (Lipinski definition) is 1. The number of nitrogens with zero attached hydrogens (tertiary/aromatic N) is 1. The molecule has 0 radical (unpaired) electrons. The summed E-state index contributed by atoms with van der Waals surface area (Å²) in [5.74, 6) is 1.39. The number of hydrogen-bond acceptors (Lipinski definition) is 4. The van der Waals surface area contributed by atoms with Crippen LogP contribution in [0.25, 0.3) is 0 Å². The Morgan fingerprint density at radius 2 is 1.72 bits per heavy atom. The minimum Gasteiger partial charge on any atom is -0.494 e. The highest BCUT2D eigenvalue weighted by Gasteiger charge is 2.23. The first-order valence-electron chi connectivity index (χ1n) is 8.49. The number of anilines is 1. The molecule has 0 saturated carbocycles. The van der Waals surface area contributed by atoms with E-state index in [1.54, 1.807) is 19.0 Å². The molecule has 2 rings (SSSR count). The first-order valence-corrected chi connectivity index (χ1v) is 8.49. The Labute approximate surface area is 149 Å². The molecular formula is C20H26N2O3. The summed E-state index contributed by atoms with van der Waals surface area (Å²) in [5.41, 5.74) is 1.63. The van der Waals surface area contributed by atoms with E-state index in [0.29, 0.717) is 19.0 Å². The molecule has 2 aromatic carbocycles. The first-order chi connectivity index (χ1) is 12.1. The zero-order valence-corrected chi connectivity index (χ0v) is 15.3. The van der Waals surface area contributed by atoms with Crippen molar-refractivity contribution in [2.24, 2.45) is 0 Å². The van der Waals surface area contributed by atoms with Crippen molar-refractivity contribution in [3.05, 3.63) is 54.1 Å². The topological polar surface area (TPSA) is 50.8 Å². The Bertz CT molecular complexity index is 687. The molecule has 5 heteroatoms. The molecule has 0 saturated heterocycles. The third-order valence-corrected chi connectivity index (χ3v) is 3.68. The van der Waals surface area contributed by atoms with Crippen LogP contribution >= 0.6 is 0 Å². The molecule has 0 aliphatic rings. The lowest BCUT2D eigenvalue weighted by atomic mass is 10.1. The lowest BCUT2D eigenvalue weighted by Crippen LogP contribution is -2.32. The van der Waals surface area contributed by atoms with Gasteiger partial charge in [0.2, 0.25) is 5.91 Å². The van der Waals surface area contributed by atoms with Gasteiger partial charge in [-0.15, -0.1) is 0 Å². The van der Waals surface area contributed by atoms with Crippen molar-refractivity contribution in [1.82, 2.24) is 4.90 Å². The van der Waals surface area contributed by atoms with Gasteiger partial charge in [0, 0.05) is 20.2 Å². The van der Waals surface area contributed by atoms with Crippen LogP contribution < -0.4 is 14.8 Å². The predicted molar refractivity (Wildman–Crippen MR) is 100 cm³/mol. The van der Waals surface area contributed by atoms with Gasteiger partial charge in [-0.25, -0.2) is 0 Å². The van der Waals surface area contributed by atoms with E-state index in [1.165, 1.54) is 0 Å². The largest absolute Gasteiger partial charge is 0.494 e. The van der Waals surface area contributed by atoms with Gasteiger partial charge in [0.15, 0.2) is 0 Å². The Kier molecular flexibility index (Phi) is 6.69. The van der Waals surface area contributed by atoms with Crippen molar-refractivity contribution < 1.29 is 14.3 Å². The zero-order chi connectivity index (χ0) is 18.2. The predicted octanol–water partition coefficient (Wildman–Crippen LogP) is 3.73. The Morgan fingerprint density at radius 3 is 2.32 bits per heavy atom. The van der Waals surface area contributed by atoms with Gasteiger partial charge in [-0.05, 0) is 31.5 Å². The summed E-state index contributed by atoms with van der Waals surface area (Å²) in [7, 11) is 3.50. The van der Waals surface area contributed by atoms with E-state index < -0.39 is 6.04 Å². The van der Waals surface area contributed by atoms with Crippen LogP contribution in [0.5, 0.6) is 11.5 Å². The van der Waals surface area contributed by atoms with Crippen molar-refractivity contribution in [3.63, 3.8) is 0 Å². The summed E-state index contributed by atoms with van der Waals surface area (Å²) in [6.07, 6.45) is 0. The van der Waals surface area contributed by atoms with Crippen molar-refractivity contribution in [1.29, 1.82) is 0 Å². The van der Waals surface area contributed by atoms with Crippen LogP contribution in [0.1, 0.15) is 25.5 Å². The normalized spacial score (nSPS) is 11.5. The van der Waals surface area contributed by atoms with Gasteiger partial charge >= 0.3 is 0 Å². The second-order valence-electron chi connectivity index (χ2n) is 5.74. The fraction of sp³-hybridized carbons (Fsp3) is 0.350. The quantitative estimate of drug-likeness (QED) is 0.794. The van der Waals surface area contributed by atoms with Gasteiger partial charge < -0.3 is 19.7 Å². The summed E-state index contributed by atoms with van der Waals surface area (Å²) in [6, 6.07) is 14.7. The molecule has 1 N–H and O–H groups in total. The third-order valence-electron chi connectivity index (χ3n) is 3.68. The molecule has 1 unspecified atom stereocenters. The van der Waals surface area contributed by atoms with Crippen LogP contribution in [0.15, 0.2) is 48.5 Å². The standard InChI is InChI=1S/C20H26N2O3/c1-5-24-16-12-13-18(25-6-2)17(14-16)21-19(20(23)22(3)4)15-10-8-7-9-11-15/h7-14,19,21H,5-6H2,1-4H3. The third kappa shape index (κ3) is 4.89. The van der Waals surface area contributed by atoms with E-state index >= 15 is 0 Å². The van der Waals surface area contributed by atoms with Crippen molar-refractivity contribution in [3.8, 4) is 11.5 Å². The fourth-order valence-corrected chi connectivity index (χ4v) is 2.51. The maximum Gasteiger partial charge on any atom is 0.249 e. The van der Waals surface area contributed by atoms with E-state index in [1.807, 2.05) is 62.4 Å². The Balaban J connectivity index is 2.40. The number of nitrogens with one attached hydrogen (secondary N) is 1. The van der Waals surface area contributed by atoms with Gasteiger partial charge in [-0.2, -0.15) is 0 Å². The summed E-state index contributed by atoms with van der Waals surface area (Å²) in [6.45, 7) is 4.98. The van der Waals surface area contributed by atoms with E-state index in [2.05, 4.69) is 5.32 Å². The van der Waals surface area contributed by atoms with Crippen LogP contribution in [-0.2, 0) is 4.79 Å². The van der Waals surface area contributed by atoms with E-state index in [0.717, 1.165) is 17.0 Å². The second kappa shape index (κ2) is 8.97. The van der Waals surface area contributed by atoms with Crippen molar-refractivity contribution in [2.45, 2.75) is 19.9 Å². The van der Waals surface area contributed by atoms with Crippen molar-refractivity contribution >= 4 is 11.6 Å². The summed E-state index contributed by atoms with van der Waals surface area (Å²) in [4.78, 5) is 14.3. The maximum atomic E-state index is 12.7. The average molecular weight is 342 g/mol. The van der Waals surface area contributed by atoms with E-state index in [-0.39, 0.29) is 5.91 Å². The number of likely N-dealkylation sites (N-methyl/N-ethyl adjacent to an activating group) is 1. The van der Waals surface area contributed by atoms with Gasteiger partial charge in [0.1, 0.15) is 17.5 Å². The highest BCUT2D eigenvalue weighted by molar-refractivity contribution is 5.86. The van der Waals surface area contributed by atoms with Gasteiger partial charge in [0.05, 0.1) is 18.9 Å². The van der Waals surface area contributed by atoms with Crippen LogP contribution in [0.3, 0.4) is 0 Å². The summed E-state index contributed by atoms with van der Waals surface area (Å²) < 4.78 is 11.3. The minimum atomic E-state index is -0.507. The Morgan fingerprint density at radius 1 is 1.04 bits per heavy atom. The van der Waals surface area contributed by atoms with E-state index in [9.17, 15) is 4.79 Å². The summed E-state index contributed by atoms with van der Waals surface area (Å²) in [5, 5.41) is 3.33. The smallest absolute Gasteiger partial charge is 0.249 e. The molecule has 0 fully saturated rings. The molecule has 1 atom stereocenters. The number of carbonyl (C=O) groups excluding carboxylic acids is 1. The van der Waals surface area contributed by atoms with Gasteiger partial charge in [-0.1, -0.05) is 30.3 Å². The van der Waals surface area contributed by atoms with Crippen LogP contribution in [-0.4, -0.2) is 38.1 Å². The molecular weight excluding hydrogens is 316 g/mol. The lowest BCUT2D eigenvalue weighted by molar-refractivity contribution is -0.129. The maximum absolute atomic E-state index is 12.7. The molecule has 0 bridgehead atoms. The molecule has 0 aromatic heterocycles. The average Bonchev–Trinajstić information content (AvgIpc) is 2.62. The van der Waals surface area contributed by atoms with E-state index in [4.69, 9.17) is 9.47 Å². The van der Waals surface area contributed by atoms with Gasteiger partial charge in [-0.3, -0.25) is 4.79 Å².